The summed E-state index contributed by atoms with van der Waals surface area (Å²) in [4.78, 5) is 88.5. The predicted octanol–water partition coefficient (Wildman–Crippen LogP) is 6.72. The van der Waals surface area contributed by atoms with E-state index in [-0.39, 0.29) is 111 Å². The first-order valence-electron chi connectivity index (χ1n) is 24.9. The molecule has 2 aliphatic heterocycles. The van der Waals surface area contributed by atoms with Crippen LogP contribution < -0.4 is 39.4 Å². The van der Waals surface area contributed by atoms with Gasteiger partial charge in [-0.15, -0.1) is 0 Å². The molecule has 2 N–H and O–H groups in total. The zero-order chi connectivity index (χ0) is 45.6. The van der Waals surface area contributed by atoms with Crippen molar-refractivity contribution < 1.29 is 68.5 Å². The van der Waals surface area contributed by atoms with Crippen LogP contribution in [0.5, 0.6) is 0 Å². The number of aliphatic carboxylic acids is 2. The summed E-state index contributed by atoms with van der Waals surface area (Å²) >= 11 is 0. The molecule has 2 saturated heterocycles. The Labute approximate surface area is 406 Å². The number of imide groups is 2. The Bertz CT molecular complexity index is 2230. The van der Waals surface area contributed by atoms with E-state index in [1.54, 1.807) is 24.3 Å². The van der Waals surface area contributed by atoms with E-state index in [2.05, 4.69) is 53.7 Å². The fourth-order valence-corrected chi connectivity index (χ4v) is 19.2. The minimum Gasteiger partial charge on any atom is -0.481 e. The summed E-state index contributed by atoms with van der Waals surface area (Å²) < 4.78 is 0. The number of anilines is 2. The fourth-order valence-electron chi connectivity index (χ4n) is 19.2. The summed E-state index contributed by atoms with van der Waals surface area (Å²) in [5.74, 6) is -3.77. The second-order valence-electron chi connectivity index (χ2n) is 24.5. The van der Waals surface area contributed by atoms with Crippen molar-refractivity contribution in [3.05, 3.63) is 47.6 Å². The van der Waals surface area contributed by atoms with Crippen LogP contribution in [-0.4, -0.2) is 45.8 Å². The Hall–Kier alpha value is -3.08. The number of amides is 4. The summed E-state index contributed by atoms with van der Waals surface area (Å²) in [5.41, 5.74) is 0.169. The summed E-state index contributed by atoms with van der Waals surface area (Å²) in [6.45, 7) is 17.2. The molecule has 10 nitrogen and oxygen atoms in total. The van der Waals surface area contributed by atoms with Crippen LogP contribution in [0.2, 0.25) is 0 Å². The SMILES string of the molecule is CC(C)C1=CC23CCC4C(C)(C(=O)O)CCCC4(C)C2CC1C1C(=O)N(c2ccc(N4C(=O)C5C6CC7C8(C)CCCC(C)(C(=O)O)C8CCC7(C=C6C(C)C)C5C4=O)cc2)C(=O)C13.[Na+]. The van der Waals surface area contributed by atoms with E-state index in [9.17, 15) is 29.4 Å². The molecule has 12 aliphatic rings. The van der Waals surface area contributed by atoms with Crippen LogP contribution in [0.1, 0.15) is 132 Å². The number of allylic oxidation sites excluding steroid dienone is 4. The van der Waals surface area contributed by atoms with Gasteiger partial charge in [-0.05, 0) is 160 Å². The summed E-state index contributed by atoms with van der Waals surface area (Å²) in [5, 5.41) is 21.1. The number of hydrogen-bond donors (Lipinski definition) is 2. The standard InChI is InChI=1S/C54H68N2O8.Na/c1-27(2)33-25-53-21-15-35-49(5,17-9-19-51(35,7)47(61)62)37(53)23-31(33)39-41(53)45(59)55(43(39)57)29-11-13-30(14-12-29)56-44(58)40-32-24-38-50(6)18-10-20-52(8,48(63)64)36(50)16-22-54(38,42(40)46(56)60)26-34(32)28(3)4;/h11-14,25-28,31-32,35-42H,9-10,15-24H2,1-8H3,(H,61,62)(H,63,64);/q;+1. The third-order valence-electron chi connectivity index (χ3n) is 21.7. The number of carbonyl (C=O) groups is 6. The van der Waals surface area contributed by atoms with E-state index in [0.29, 0.717) is 49.9 Å². The molecule has 342 valence electrons. The number of nitrogens with zero attached hydrogens (tertiary/aromatic N) is 2. The van der Waals surface area contributed by atoms with Gasteiger partial charge in [0, 0.05) is 10.8 Å². The number of benzene rings is 1. The normalized spacial score (nSPS) is 46.7. The Morgan fingerprint density at radius 2 is 0.908 bits per heavy atom. The van der Waals surface area contributed by atoms with Crippen LogP contribution in [0.15, 0.2) is 47.6 Å². The molecule has 0 radical (unpaired) electrons. The minimum absolute atomic E-state index is 0. The molecule has 0 aromatic heterocycles. The van der Waals surface area contributed by atoms with Gasteiger partial charge >= 0.3 is 41.5 Å². The van der Waals surface area contributed by atoms with Crippen LogP contribution >= 0.6 is 0 Å². The van der Waals surface area contributed by atoms with Gasteiger partial charge in [0.2, 0.25) is 23.6 Å². The van der Waals surface area contributed by atoms with Crippen molar-refractivity contribution >= 4 is 46.9 Å². The predicted molar refractivity (Wildman–Crippen MR) is 240 cm³/mol. The summed E-state index contributed by atoms with van der Waals surface area (Å²) in [7, 11) is 0. The van der Waals surface area contributed by atoms with Gasteiger partial charge in [-0.3, -0.25) is 38.6 Å². The molecule has 4 bridgehead atoms. The van der Waals surface area contributed by atoms with Crippen LogP contribution in [0.4, 0.5) is 11.4 Å². The largest absolute Gasteiger partial charge is 1.00 e. The van der Waals surface area contributed by atoms with Crippen molar-refractivity contribution in [1.29, 1.82) is 0 Å². The monoisotopic (exact) mass is 895 g/mol. The van der Waals surface area contributed by atoms with Crippen LogP contribution in [0.3, 0.4) is 0 Å². The zero-order valence-electron chi connectivity index (χ0n) is 40.1. The molecule has 10 aliphatic carbocycles. The molecule has 2 spiro atoms. The van der Waals surface area contributed by atoms with Crippen molar-refractivity contribution in [2.24, 2.45) is 104 Å². The molecule has 11 heteroatoms. The van der Waals surface area contributed by atoms with E-state index in [1.165, 1.54) is 20.9 Å². The molecule has 6 saturated carbocycles. The molecule has 16 atom stereocenters. The molecular formula is C54H68N2NaO8+. The van der Waals surface area contributed by atoms with Gasteiger partial charge in [-0.25, -0.2) is 0 Å². The summed E-state index contributed by atoms with van der Waals surface area (Å²) in [6.07, 6.45) is 14.0. The van der Waals surface area contributed by atoms with Crippen molar-refractivity contribution in [2.45, 2.75) is 132 Å². The molecule has 65 heavy (non-hydrogen) atoms. The van der Waals surface area contributed by atoms with E-state index >= 15 is 9.59 Å². The van der Waals surface area contributed by atoms with Crippen LogP contribution in [0, 0.1) is 104 Å². The Morgan fingerprint density at radius 1 is 0.554 bits per heavy atom. The molecule has 4 amide bonds. The molecule has 13 rings (SSSR count). The van der Waals surface area contributed by atoms with Gasteiger partial charge in [0.15, 0.2) is 0 Å². The maximum atomic E-state index is 15.1. The molecule has 1 aromatic carbocycles. The van der Waals surface area contributed by atoms with Crippen molar-refractivity contribution in [1.82, 2.24) is 0 Å². The number of carboxylic acid groups (broad SMARTS) is 2. The van der Waals surface area contributed by atoms with Crippen molar-refractivity contribution in [2.75, 3.05) is 9.80 Å². The molecule has 2 heterocycles. The van der Waals surface area contributed by atoms with E-state index in [4.69, 9.17) is 0 Å². The third kappa shape index (κ3) is 5.45. The molecule has 1 aromatic rings. The maximum Gasteiger partial charge on any atom is 1.00 e. The number of hydrogen-bond acceptors (Lipinski definition) is 6. The van der Waals surface area contributed by atoms with Gasteiger partial charge in [0.25, 0.3) is 0 Å². The number of carboxylic acids is 2. The average molecular weight is 896 g/mol. The van der Waals surface area contributed by atoms with Crippen LogP contribution in [0.25, 0.3) is 0 Å². The minimum atomic E-state index is -0.820. The van der Waals surface area contributed by atoms with Crippen molar-refractivity contribution in [3.8, 4) is 0 Å². The average Bonchev–Trinajstić information content (AvgIpc) is 3.69. The van der Waals surface area contributed by atoms with Gasteiger partial charge in [0.1, 0.15) is 0 Å². The Kier molecular flexibility index (Phi) is 10.2. The third-order valence-corrected chi connectivity index (χ3v) is 21.7. The first-order chi connectivity index (χ1) is 30.1. The van der Waals surface area contributed by atoms with E-state index < -0.39 is 57.3 Å². The van der Waals surface area contributed by atoms with E-state index in [0.717, 1.165) is 38.5 Å². The number of fused-ring (bicyclic) bond motifs is 2. The van der Waals surface area contributed by atoms with E-state index in [1.807, 2.05) is 13.8 Å². The Morgan fingerprint density at radius 3 is 1.23 bits per heavy atom. The van der Waals surface area contributed by atoms with Crippen molar-refractivity contribution in [3.63, 3.8) is 0 Å². The fraction of sp³-hybridized carbons (Fsp3) is 0.704. The van der Waals surface area contributed by atoms with Gasteiger partial charge in [-0.2, -0.15) is 0 Å². The topological polar surface area (TPSA) is 149 Å². The second kappa shape index (κ2) is 14.5. The molecule has 16 unspecified atom stereocenters. The van der Waals surface area contributed by atoms with Gasteiger partial charge in [-0.1, -0.05) is 77.7 Å². The van der Waals surface area contributed by atoms with Crippen LogP contribution in [-0.2, 0) is 28.8 Å². The Balaban J connectivity index is 0.00000498. The zero-order valence-corrected chi connectivity index (χ0v) is 42.1. The quantitative estimate of drug-likeness (QED) is 0.182. The first kappa shape index (κ1) is 45.7. The first-order valence-corrected chi connectivity index (χ1v) is 24.9. The van der Waals surface area contributed by atoms with Gasteiger partial charge < -0.3 is 10.2 Å². The number of carbonyl (C=O) groups excluding carboxylic acids is 4. The molecular weight excluding hydrogens is 828 g/mol. The van der Waals surface area contributed by atoms with Gasteiger partial charge in [0.05, 0.1) is 45.9 Å². The summed E-state index contributed by atoms with van der Waals surface area (Å²) in [6, 6.07) is 6.96. The molecule has 8 fully saturated rings. The second-order valence-corrected chi connectivity index (χ2v) is 24.5. The smallest absolute Gasteiger partial charge is 0.481 e. The number of rotatable bonds is 6. The maximum absolute atomic E-state index is 15.1.